The molecule has 0 fully saturated rings. The maximum Gasteiger partial charge on any atom is 0.255 e. The molecule has 1 amide bonds. The zero-order chi connectivity index (χ0) is 27.2. The van der Waals surface area contributed by atoms with Crippen LogP contribution >= 0.6 is 11.3 Å². The van der Waals surface area contributed by atoms with Gasteiger partial charge >= 0.3 is 0 Å². The molecule has 2 aromatic carbocycles. The maximum atomic E-state index is 13.5. The van der Waals surface area contributed by atoms with Crippen molar-refractivity contribution in [3.63, 3.8) is 0 Å². The van der Waals surface area contributed by atoms with Gasteiger partial charge in [0.2, 0.25) is 0 Å². The minimum atomic E-state index is -0.952. The van der Waals surface area contributed by atoms with Crippen molar-refractivity contribution < 1.29 is 13.6 Å². The van der Waals surface area contributed by atoms with Crippen LogP contribution in [0.1, 0.15) is 34.1 Å². The molecule has 3 heterocycles. The van der Waals surface area contributed by atoms with Crippen molar-refractivity contribution >= 4 is 39.8 Å². The first-order chi connectivity index (χ1) is 19.0. The fourth-order valence-corrected chi connectivity index (χ4v) is 4.99. The molecular weight excluding hydrogens is 518 g/mol. The summed E-state index contributed by atoms with van der Waals surface area (Å²) >= 11 is 1.64. The SMILES string of the molecule is CCCNc1ncnc2ccc(-c3ccc(CNc4ncccc4C(=O)NCc4ccc(F)c(F)c4)s3)cc12. The summed E-state index contributed by atoms with van der Waals surface area (Å²) in [5, 5.41) is 10.3. The predicted octanol–water partition coefficient (Wildman–Crippen LogP) is 6.40. The average molecular weight is 545 g/mol. The lowest BCUT2D eigenvalue weighted by Gasteiger charge is -2.11. The summed E-state index contributed by atoms with van der Waals surface area (Å²) in [5.74, 6) is -0.985. The second-order valence-electron chi connectivity index (χ2n) is 8.83. The van der Waals surface area contributed by atoms with Crippen molar-refractivity contribution in [1.82, 2.24) is 20.3 Å². The first-order valence-corrected chi connectivity index (χ1v) is 13.3. The third kappa shape index (κ3) is 6.18. The molecule has 5 aromatic rings. The number of hydrogen-bond acceptors (Lipinski definition) is 7. The molecule has 198 valence electrons. The third-order valence-corrected chi connectivity index (χ3v) is 7.18. The normalized spacial score (nSPS) is 10.9. The van der Waals surface area contributed by atoms with Gasteiger partial charge in [-0.1, -0.05) is 19.1 Å². The van der Waals surface area contributed by atoms with Crippen molar-refractivity contribution in [2.45, 2.75) is 26.4 Å². The quantitative estimate of drug-likeness (QED) is 0.189. The predicted molar refractivity (Wildman–Crippen MR) is 151 cm³/mol. The number of fused-ring (bicyclic) bond motifs is 1. The summed E-state index contributed by atoms with van der Waals surface area (Å²) in [4.78, 5) is 28.1. The molecule has 7 nitrogen and oxygen atoms in total. The largest absolute Gasteiger partial charge is 0.369 e. The number of anilines is 2. The van der Waals surface area contributed by atoms with Gasteiger partial charge in [0.25, 0.3) is 5.91 Å². The van der Waals surface area contributed by atoms with E-state index in [2.05, 4.69) is 56.0 Å². The highest BCUT2D eigenvalue weighted by molar-refractivity contribution is 7.15. The number of aromatic nitrogens is 3. The van der Waals surface area contributed by atoms with Crippen molar-refractivity contribution in [3.05, 3.63) is 101 Å². The fraction of sp³-hybridized carbons (Fsp3) is 0.172. The minimum absolute atomic E-state index is 0.0606. The molecule has 0 aliphatic carbocycles. The number of carbonyl (C=O) groups is 1. The third-order valence-electron chi connectivity index (χ3n) is 6.04. The number of pyridine rings is 1. The van der Waals surface area contributed by atoms with E-state index >= 15 is 0 Å². The van der Waals surface area contributed by atoms with Crippen LogP contribution < -0.4 is 16.0 Å². The highest BCUT2D eigenvalue weighted by Gasteiger charge is 2.14. The topological polar surface area (TPSA) is 91.8 Å². The highest BCUT2D eigenvalue weighted by atomic mass is 32.1. The molecule has 3 N–H and O–H groups in total. The van der Waals surface area contributed by atoms with Crippen LogP contribution in [0.15, 0.2) is 73.2 Å². The number of nitrogens with one attached hydrogen (secondary N) is 3. The van der Waals surface area contributed by atoms with E-state index in [1.165, 1.54) is 6.07 Å². The molecule has 10 heteroatoms. The van der Waals surface area contributed by atoms with Gasteiger partial charge < -0.3 is 16.0 Å². The van der Waals surface area contributed by atoms with Gasteiger partial charge in [0.1, 0.15) is 18.0 Å². The molecule has 0 bridgehead atoms. The Morgan fingerprint density at radius 1 is 0.897 bits per heavy atom. The number of rotatable bonds is 10. The lowest BCUT2D eigenvalue weighted by Crippen LogP contribution is -2.24. The van der Waals surface area contributed by atoms with Gasteiger partial charge in [-0.3, -0.25) is 4.79 Å². The first kappa shape index (κ1) is 26.2. The van der Waals surface area contributed by atoms with Crippen molar-refractivity contribution in [3.8, 4) is 10.4 Å². The molecule has 0 radical (unpaired) electrons. The number of benzene rings is 2. The highest BCUT2D eigenvalue weighted by Crippen LogP contribution is 2.32. The molecule has 3 aromatic heterocycles. The minimum Gasteiger partial charge on any atom is -0.369 e. The van der Waals surface area contributed by atoms with Crippen LogP contribution in [0.3, 0.4) is 0 Å². The van der Waals surface area contributed by atoms with E-state index < -0.39 is 11.6 Å². The summed E-state index contributed by atoms with van der Waals surface area (Å²) in [6.45, 7) is 3.49. The van der Waals surface area contributed by atoms with E-state index in [4.69, 9.17) is 0 Å². The van der Waals surface area contributed by atoms with E-state index in [9.17, 15) is 13.6 Å². The van der Waals surface area contributed by atoms with Crippen molar-refractivity contribution in [2.75, 3.05) is 17.2 Å². The summed E-state index contributed by atoms with van der Waals surface area (Å²) < 4.78 is 26.7. The standard InChI is InChI=1S/C29H26F2N6OS/c1-2-11-32-28-22-14-19(6-9-25(22)36-17-37-28)26-10-7-20(39-26)16-34-27-21(4-3-12-33-27)29(38)35-15-18-5-8-23(30)24(31)13-18/h3-10,12-14,17H,2,11,15-16H2,1H3,(H,33,34)(H,35,38)(H,32,36,37). The lowest BCUT2D eigenvalue weighted by atomic mass is 10.1. The number of halogens is 2. The van der Waals surface area contributed by atoms with Crippen LogP contribution in [0.4, 0.5) is 20.4 Å². The lowest BCUT2D eigenvalue weighted by molar-refractivity contribution is 0.0951. The van der Waals surface area contributed by atoms with E-state index in [-0.39, 0.29) is 12.5 Å². The molecular formula is C29H26F2N6OS. The molecule has 0 unspecified atom stereocenters. The number of carbonyl (C=O) groups excluding carboxylic acids is 1. The van der Waals surface area contributed by atoms with Crippen LogP contribution in [-0.4, -0.2) is 27.4 Å². The van der Waals surface area contributed by atoms with E-state index in [1.54, 1.807) is 36.0 Å². The van der Waals surface area contributed by atoms with Gasteiger partial charge in [0.05, 0.1) is 17.6 Å². The van der Waals surface area contributed by atoms with Crippen LogP contribution in [-0.2, 0) is 13.1 Å². The Balaban J connectivity index is 1.26. The Morgan fingerprint density at radius 3 is 2.64 bits per heavy atom. The molecule has 0 saturated heterocycles. The van der Waals surface area contributed by atoms with Gasteiger partial charge in [0.15, 0.2) is 11.6 Å². The molecule has 0 spiro atoms. The molecule has 0 atom stereocenters. The van der Waals surface area contributed by atoms with Crippen LogP contribution in [0.2, 0.25) is 0 Å². The van der Waals surface area contributed by atoms with Crippen LogP contribution in [0.5, 0.6) is 0 Å². The average Bonchev–Trinajstić information content (AvgIpc) is 3.44. The van der Waals surface area contributed by atoms with Gasteiger partial charge in [0, 0.05) is 34.4 Å². The van der Waals surface area contributed by atoms with Gasteiger partial charge in [-0.25, -0.2) is 23.7 Å². The Labute approximate surface area is 228 Å². The number of nitrogens with zero attached hydrogens (tertiary/aromatic N) is 3. The van der Waals surface area contributed by atoms with Gasteiger partial charge in [-0.15, -0.1) is 11.3 Å². The van der Waals surface area contributed by atoms with Gasteiger partial charge in [-0.05, 0) is 66.1 Å². The molecule has 0 aliphatic heterocycles. The Morgan fingerprint density at radius 2 is 1.79 bits per heavy atom. The fourth-order valence-electron chi connectivity index (χ4n) is 4.05. The summed E-state index contributed by atoms with van der Waals surface area (Å²) in [7, 11) is 0. The summed E-state index contributed by atoms with van der Waals surface area (Å²) in [6, 6.07) is 17.1. The van der Waals surface area contributed by atoms with Crippen LogP contribution in [0.25, 0.3) is 21.3 Å². The van der Waals surface area contributed by atoms with Crippen LogP contribution in [0, 0.1) is 11.6 Å². The number of amides is 1. The monoisotopic (exact) mass is 544 g/mol. The van der Waals surface area contributed by atoms with E-state index in [0.717, 1.165) is 57.1 Å². The molecule has 39 heavy (non-hydrogen) atoms. The molecule has 5 rings (SSSR count). The molecule has 0 saturated carbocycles. The van der Waals surface area contributed by atoms with E-state index in [0.29, 0.717) is 23.5 Å². The number of thiophene rings is 1. The number of hydrogen-bond donors (Lipinski definition) is 3. The summed E-state index contributed by atoms with van der Waals surface area (Å²) in [6.07, 6.45) is 4.18. The van der Waals surface area contributed by atoms with Crippen molar-refractivity contribution in [1.29, 1.82) is 0 Å². The Hall–Kier alpha value is -4.44. The second kappa shape index (κ2) is 12.0. The zero-order valence-corrected chi connectivity index (χ0v) is 22.0. The van der Waals surface area contributed by atoms with Gasteiger partial charge in [-0.2, -0.15) is 0 Å². The maximum absolute atomic E-state index is 13.5. The zero-order valence-electron chi connectivity index (χ0n) is 21.2. The summed E-state index contributed by atoms with van der Waals surface area (Å²) in [5.41, 5.74) is 2.78. The smallest absolute Gasteiger partial charge is 0.255 e. The first-order valence-electron chi connectivity index (χ1n) is 12.5. The Bertz CT molecular complexity index is 1620. The Kier molecular flexibility index (Phi) is 8.02. The van der Waals surface area contributed by atoms with Crippen molar-refractivity contribution in [2.24, 2.45) is 0 Å². The second-order valence-corrected chi connectivity index (χ2v) is 10.00. The molecule has 0 aliphatic rings. The van der Waals surface area contributed by atoms with E-state index in [1.807, 2.05) is 12.1 Å².